The van der Waals surface area contributed by atoms with Crippen molar-refractivity contribution in [3.05, 3.63) is 53.0 Å². The average molecular weight is 281 g/mol. The molecule has 4 heteroatoms. The van der Waals surface area contributed by atoms with Crippen molar-refractivity contribution >= 4 is 5.91 Å². The number of hydrogen-bond donors (Lipinski definition) is 2. The van der Waals surface area contributed by atoms with Gasteiger partial charge >= 0.3 is 0 Å². The highest BCUT2D eigenvalue weighted by atomic mass is 16.1. The van der Waals surface area contributed by atoms with Gasteiger partial charge in [-0.1, -0.05) is 12.1 Å². The molecule has 0 spiro atoms. The monoisotopic (exact) mass is 281 g/mol. The Kier molecular flexibility index (Phi) is 2.84. The second-order valence-corrected chi connectivity index (χ2v) is 6.26. The van der Waals surface area contributed by atoms with Gasteiger partial charge in [0.2, 0.25) is 5.91 Å². The van der Waals surface area contributed by atoms with Crippen molar-refractivity contribution in [1.29, 1.82) is 0 Å². The summed E-state index contributed by atoms with van der Waals surface area (Å²) < 4.78 is 0. The van der Waals surface area contributed by atoms with Crippen LogP contribution in [0.3, 0.4) is 0 Å². The minimum atomic E-state index is -0.273. The van der Waals surface area contributed by atoms with Gasteiger partial charge in [-0.3, -0.25) is 9.78 Å². The number of hydrogen-bond acceptors (Lipinski definition) is 3. The molecule has 0 radical (unpaired) electrons. The van der Waals surface area contributed by atoms with Gasteiger partial charge in [0.05, 0.1) is 11.7 Å². The quantitative estimate of drug-likeness (QED) is 0.887. The van der Waals surface area contributed by atoms with Crippen molar-refractivity contribution in [2.75, 3.05) is 0 Å². The van der Waals surface area contributed by atoms with E-state index in [0.29, 0.717) is 24.8 Å². The molecule has 1 aliphatic heterocycles. The standard InChI is InChI=1S/C17H19N3O/c18-17(21)5-4-13-2-1-3-14(19-13)16-9-12-7-10-6-11(10)8-15(12)20-16/h1-3,6,8,10,12,16,20H,4-5,7,9H2,(H2,18,21). The van der Waals surface area contributed by atoms with Gasteiger partial charge in [0.15, 0.2) is 0 Å². The molecule has 1 fully saturated rings. The Morgan fingerprint density at radius 3 is 3.14 bits per heavy atom. The van der Waals surface area contributed by atoms with Crippen molar-refractivity contribution in [3.63, 3.8) is 0 Å². The van der Waals surface area contributed by atoms with E-state index < -0.39 is 0 Å². The summed E-state index contributed by atoms with van der Waals surface area (Å²) in [5.41, 5.74) is 10.1. The smallest absolute Gasteiger partial charge is 0.217 e. The van der Waals surface area contributed by atoms with Gasteiger partial charge in [-0.05, 0) is 43.0 Å². The Hall–Kier alpha value is -2.10. The van der Waals surface area contributed by atoms with Gasteiger partial charge in [-0.25, -0.2) is 0 Å². The molecule has 1 amide bonds. The molecule has 1 aromatic rings. The molecule has 108 valence electrons. The van der Waals surface area contributed by atoms with Crippen molar-refractivity contribution in [2.24, 2.45) is 17.6 Å². The van der Waals surface area contributed by atoms with Crippen LogP contribution in [0.15, 0.2) is 41.6 Å². The zero-order valence-corrected chi connectivity index (χ0v) is 11.9. The number of pyridine rings is 1. The number of fused-ring (bicyclic) bond motifs is 2. The van der Waals surface area contributed by atoms with Crippen LogP contribution in [0.4, 0.5) is 0 Å². The third-order valence-corrected chi connectivity index (χ3v) is 4.69. The number of rotatable bonds is 4. The first-order valence-corrected chi connectivity index (χ1v) is 7.63. The van der Waals surface area contributed by atoms with Gasteiger partial charge in [-0.15, -0.1) is 0 Å². The van der Waals surface area contributed by atoms with Crippen LogP contribution >= 0.6 is 0 Å². The van der Waals surface area contributed by atoms with Gasteiger partial charge < -0.3 is 11.1 Å². The Morgan fingerprint density at radius 2 is 2.29 bits per heavy atom. The van der Waals surface area contributed by atoms with Crippen molar-refractivity contribution in [1.82, 2.24) is 10.3 Å². The highest BCUT2D eigenvalue weighted by Crippen LogP contribution is 2.48. The lowest BCUT2D eigenvalue weighted by molar-refractivity contribution is -0.118. The van der Waals surface area contributed by atoms with Crippen LogP contribution in [0.2, 0.25) is 0 Å². The number of primary amides is 1. The van der Waals surface area contributed by atoms with Gasteiger partial charge in [0.1, 0.15) is 0 Å². The van der Waals surface area contributed by atoms with E-state index in [0.717, 1.165) is 23.7 Å². The fourth-order valence-electron chi connectivity index (χ4n) is 3.48. The molecule has 0 saturated carbocycles. The summed E-state index contributed by atoms with van der Waals surface area (Å²) in [4.78, 5) is 15.6. The minimum Gasteiger partial charge on any atom is -0.380 e. The maximum Gasteiger partial charge on any atom is 0.217 e. The Bertz CT molecular complexity index is 662. The molecule has 3 atom stereocenters. The third kappa shape index (κ3) is 2.46. The summed E-state index contributed by atoms with van der Waals surface area (Å²) in [7, 11) is 0. The van der Waals surface area contributed by atoms with E-state index in [1.54, 1.807) is 0 Å². The highest BCUT2D eigenvalue weighted by molar-refractivity contribution is 5.73. The molecule has 2 heterocycles. The number of carbonyl (C=O) groups is 1. The van der Waals surface area contributed by atoms with E-state index >= 15 is 0 Å². The Labute approximate surface area is 124 Å². The number of amides is 1. The molecule has 1 saturated heterocycles. The van der Waals surface area contributed by atoms with E-state index in [9.17, 15) is 4.79 Å². The fraction of sp³-hybridized carbons (Fsp3) is 0.412. The van der Waals surface area contributed by atoms with Crippen molar-refractivity contribution < 1.29 is 4.79 Å². The summed E-state index contributed by atoms with van der Waals surface area (Å²) in [6.07, 6.45) is 8.03. The SMILES string of the molecule is NC(=O)CCc1cccc(C2CC3CC4C=C4C=C3N2)n1. The summed E-state index contributed by atoms with van der Waals surface area (Å²) in [6, 6.07) is 6.36. The van der Waals surface area contributed by atoms with E-state index in [-0.39, 0.29) is 5.91 Å². The molecule has 4 rings (SSSR count). The number of nitrogens with two attached hydrogens (primary N) is 1. The number of nitrogens with one attached hydrogen (secondary N) is 1. The van der Waals surface area contributed by atoms with E-state index in [2.05, 4.69) is 23.5 Å². The molecule has 3 aliphatic rings. The predicted molar refractivity (Wildman–Crippen MR) is 80.0 cm³/mol. The first-order chi connectivity index (χ1) is 10.2. The minimum absolute atomic E-state index is 0.273. The molecule has 3 N–H and O–H groups in total. The van der Waals surface area contributed by atoms with E-state index in [1.807, 2.05) is 12.1 Å². The number of aromatic nitrogens is 1. The van der Waals surface area contributed by atoms with E-state index in [1.165, 1.54) is 17.7 Å². The highest BCUT2D eigenvalue weighted by Gasteiger charge is 2.39. The van der Waals surface area contributed by atoms with Crippen LogP contribution in [-0.4, -0.2) is 10.9 Å². The first kappa shape index (κ1) is 12.6. The molecule has 0 bridgehead atoms. The Morgan fingerprint density at radius 1 is 1.38 bits per heavy atom. The largest absolute Gasteiger partial charge is 0.380 e. The predicted octanol–water partition coefficient (Wildman–Crippen LogP) is 1.99. The second kappa shape index (κ2) is 4.72. The van der Waals surface area contributed by atoms with Crippen LogP contribution < -0.4 is 11.1 Å². The normalized spacial score (nSPS) is 28.9. The summed E-state index contributed by atoms with van der Waals surface area (Å²) >= 11 is 0. The lowest BCUT2D eigenvalue weighted by atomic mass is 9.90. The van der Waals surface area contributed by atoms with Crippen LogP contribution in [0, 0.1) is 11.8 Å². The maximum atomic E-state index is 10.9. The molecular formula is C17H19N3O. The maximum absolute atomic E-state index is 10.9. The molecule has 3 unspecified atom stereocenters. The fourth-order valence-corrected chi connectivity index (χ4v) is 3.48. The lowest BCUT2D eigenvalue weighted by Crippen LogP contribution is -2.16. The second-order valence-electron chi connectivity index (χ2n) is 6.26. The topological polar surface area (TPSA) is 68.0 Å². The van der Waals surface area contributed by atoms with Gasteiger partial charge in [0.25, 0.3) is 0 Å². The summed E-state index contributed by atoms with van der Waals surface area (Å²) in [5, 5.41) is 3.62. The number of aryl methyl sites for hydroxylation is 1. The zero-order chi connectivity index (χ0) is 14.4. The van der Waals surface area contributed by atoms with E-state index in [4.69, 9.17) is 10.7 Å². The number of allylic oxidation sites excluding steroid dienone is 4. The van der Waals surface area contributed by atoms with Crippen LogP contribution in [-0.2, 0) is 11.2 Å². The molecule has 4 nitrogen and oxygen atoms in total. The lowest BCUT2D eigenvalue weighted by Gasteiger charge is -2.14. The molecule has 2 aliphatic carbocycles. The van der Waals surface area contributed by atoms with Crippen molar-refractivity contribution in [3.8, 4) is 0 Å². The first-order valence-electron chi connectivity index (χ1n) is 7.63. The van der Waals surface area contributed by atoms with Crippen LogP contribution in [0.1, 0.15) is 36.7 Å². The summed E-state index contributed by atoms with van der Waals surface area (Å²) in [6.45, 7) is 0. The Balaban J connectivity index is 1.49. The van der Waals surface area contributed by atoms with Gasteiger partial charge in [0, 0.05) is 29.6 Å². The van der Waals surface area contributed by atoms with Crippen LogP contribution in [0.5, 0.6) is 0 Å². The number of carbonyl (C=O) groups excluding carboxylic acids is 1. The van der Waals surface area contributed by atoms with Gasteiger partial charge in [-0.2, -0.15) is 0 Å². The zero-order valence-electron chi connectivity index (χ0n) is 11.9. The molecule has 0 aromatic carbocycles. The molecule has 21 heavy (non-hydrogen) atoms. The average Bonchev–Trinajstić information content (AvgIpc) is 3.10. The molecular weight excluding hydrogens is 262 g/mol. The van der Waals surface area contributed by atoms with Crippen molar-refractivity contribution in [2.45, 2.75) is 31.7 Å². The number of nitrogens with zero attached hydrogens (tertiary/aromatic N) is 1. The molecule has 1 aromatic heterocycles. The third-order valence-electron chi connectivity index (χ3n) is 4.69. The summed E-state index contributed by atoms with van der Waals surface area (Å²) in [5.74, 6) is 1.12. The van der Waals surface area contributed by atoms with Crippen LogP contribution in [0.25, 0.3) is 0 Å².